The molecule has 5 aromatic rings. The molecule has 0 aliphatic heterocycles. The van der Waals surface area contributed by atoms with Crippen LogP contribution in [0.25, 0.3) is 44.1 Å². The number of hydrogen-bond acceptors (Lipinski definition) is 4. The van der Waals surface area contributed by atoms with Gasteiger partial charge in [-0.05, 0) is 12.1 Å². The third kappa shape index (κ3) is 1.75. The molecule has 0 fully saturated rings. The van der Waals surface area contributed by atoms with Crippen LogP contribution < -0.4 is 0 Å². The van der Waals surface area contributed by atoms with E-state index in [4.69, 9.17) is 4.42 Å². The zero-order valence-electron chi connectivity index (χ0n) is 12.1. The molecule has 0 aliphatic rings. The fourth-order valence-corrected chi connectivity index (χ4v) is 3.08. The molecule has 0 bridgehead atoms. The van der Waals surface area contributed by atoms with Crippen LogP contribution in [0.2, 0.25) is 0 Å². The third-order valence-electron chi connectivity index (χ3n) is 4.08. The summed E-state index contributed by atoms with van der Waals surface area (Å²) in [6.45, 7) is 0. The molecule has 0 unspecified atom stereocenters. The number of furan rings is 1. The molecule has 0 saturated heterocycles. The summed E-state index contributed by atoms with van der Waals surface area (Å²) in [7, 11) is 0. The Bertz CT molecular complexity index is 1170. The third-order valence-corrected chi connectivity index (χ3v) is 4.08. The standard InChI is InChI=1S/C19H11N3O/c1-2-7-15-13(5-1)17-16(23-15)8-9-21-19(17)14-6-3-4-12-10-20-11-22-18(12)14/h1-11H. The Labute approximate surface area is 131 Å². The predicted octanol–water partition coefficient (Wildman–Crippen LogP) is 4.59. The largest absolute Gasteiger partial charge is 0.456 e. The predicted molar refractivity (Wildman–Crippen MR) is 90.0 cm³/mol. The second-order valence-electron chi connectivity index (χ2n) is 5.40. The molecule has 0 spiro atoms. The summed E-state index contributed by atoms with van der Waals surface area (Å²) in [5.74, 6) is 0. The van der Waals surface area contributed by atoms with Gasteiger partial charge in [0.05, 0.1) is 16.6 Å². The van der Waals surface area contributed by atoms with E-state index in [9.17, 15) is 0 Å². The van der Waals surface area contributed by atoms with Crippen LogP contribution in [0.4, 0.5) is 0 Å². The lowest BCUT2D eigenvalue weighted by Gasteiger charge is -2.06. The summed E-state index contributed by atoms with van der Waals surface area (Å²) >= 11 is 0. The van der Waals surface area contributed by atoms with Crippen LogP contribution in [0, 0.1) is 0 Å². The molecule has 5 rings (SSSR count). The van der Waals surface area contributed by atoms with E-state index in [-0.39, 0.29) is 0 Å². The molecule has 2 aromatic carbocycles. The molecule has 3 heterocycles. The maximum absolute atomic E-state index is 5.95. The number of rotatable bonds is 1. The first-order chi connectivity index (χ1) is 11.4. The Kier molecular flexibility index (Phi) is 2.46. The van der Waals surface area contributed by atoms with Gasteiger partial charge in [0.1, 0.15) is 17.5 Å². The SMILES string of the molecule is c1cc(-c2nccc3oc4ccccc4c23)c2ncncc2c1. The Morgan fingerprint density at radius 1 is 0.826 bits per heavy atom. The maximum Gasteiger partial charge on any atom is 0.139 e. The van der Waals surface area contributed by atoms with Crippen LogP contribution >= 0.6 is 0 Å². The zero-order valence-corrected chi connectivity index (χ0v) is 12.1. The average molecular weight is 297 g/mol. The molecular formula is C19H11N3O. The minimum Gasteiger partial charge on any atom is -0.456 e. The van der Waals surface area contributed by atoms with Gasteiger partial charge < -0.3 is 4.42 Å². The van der Waals surface area contributed by atoms with Crippen molar-refractivity contribution in [3.05, 3.63) is 67.3 Å². The first-order valence-electron chi connectivity index (χ1n) is 7.37. The van der Waals surface area contributed by atoms with Crippen molar-refractivity contribution in [2.45, 2.75) is 0 Å². The topological polar surface area (TPSA) is 51.8 Å². The summed E-state index contributed by atoms with van der Waals surface area (Å²) in [6.07, 6.45) is 5.17. The minimum absolute atomic E-state index is 0.835. The Hall–Kier alpha value is -3.27. The number of pyridine rings is 1. The minimum atomic E-state index is 0.835. The van der Waals surface area contributed by atoms with Crippen LogP contribution in [0.3, 0.4) is 0 Å². The van der Waals surface area contributed by atoms with E-state index in [1.807, 2.05) is 48.7 Å². The van der Waals surface area contributed by atoms with E-state index in [0.717, 1.165) is 44.1 Å². The van der Waals surface area contributed by atoms with Crippen molar-refractivity contribution >= 4 is 32.8 Å². The van der Waals surface area contributed by atoms with E-state index in [0.29, 0.717) is 0 Å². The van der Waals surface area contributed by atoms with Crippen molar-refractivity contribution in [1.29, 1.82) is 0 Å². The van der Waals surface area contributed by atoms with Crippen LogP contribution in [-0.2, 0) is 0 Å². The van der Waals surface area contributed by atoms with Gasteiger partial charge in [0.2, 0.25) is 0 Å². The van der Waals surface area contributed by atoms with Crippen molar-refractivity contribution in [2.24, 2.45) is 0 Å². The summed E-state index contributed by atoms with van der Waals surface area (Å²) in [5.41, 5.74) is 4.47. The van der Waals surface area contributed by atoms with Gasteiger partial charge in [0, 0.05) is 28.7 Å². The molecule has 0 N–H and O–H groups in total. The lowest BCUT2D eigenvalue weighted by molar-refractivity contribution is 0.668. The highest BCUT2D eigenvalue weighted by Gasteiger charge is 2.15. The first-order valence-corrected chi connectivity index (χ1v) is 7.37. The van der Waals surface area contributed by atoms with Crippen LogP contribution in [0.1, 0.15) is 0 Å². The van der Waals surface area contributed by atoms with Gasteiger partial charge >= 0.3 is 0 Å². The smallest absolute Gasteiger partial charge is 0.139 e. The number of fused-ring (bicyclic) bond motifs is 4. The maximum atomic E-state index is 5.95. The van der Waals surface area contributed by atoms with Crippen molar-refractivity contribution in [3.63, 3.8) is 0 Å². The van der Waals surface area contributed by atoms with Crippen molar-refractivity contribution < 1.29 is 4.42 Å². The molecule has 4 heteroatoms. The second-order valence-corrected chi connectivity index (χ2v) is 5.40. The number of nitrogens with zero attached hydrogens (tertiary/aromatic N) is 3. The van der Waals surface area contributed by atoms with E-state index >= 15 is 0 Å². The normalized spacial score (nSPS) is 11.5. The highest BCUT2D eigenvalue weighted by Crippen LogP contribution is 2.36. The fourth-order valence-electron chi connectivity index (χ4n) is 3.08. The average Bonchev–Trinajstić information content (AvgIpc) is 3.00. The Balaban J connectivity index is 1.96. The van der Waals surface area contributed by atoms with Gasteiger partial charge in [-0.25, -0.2) is 9.97 Å². The molecule has 23 heavy (non-hydrogen) atoms. The summed E-state index contributed by atoms with van der Waals surface area (Å²) in [6, 6.07) is 16.0. The molecule has 0 amide bonds. The van der Waals surface area contributed by atoms with Crippen LogP contribution in [0.5, 0.6) is 0 Å². The van der Waals surface area contributed by atoms with Gasteiger partial charge in [-0.15, -0.1) is 0 Å². The summed E-state index contributed by atoms with van der Waals surface area (Å²) in [5, 5.41) is 3.09. The molecule has 0 radical (unpaired) electrons. The first kappa shape index (κ1) is 12.3. The number of hydrogen-bond donors (Lipinski definition) is 0. The monoisotopic (exact) mass is 297 g/mol. The summed E-state index contributed by atoms with van der Waals surface area (Å²) in [4.78, 5) is 13.2. The second kappa shape index (κ2) is 4.61. The quantitative estimate of drug-likeness (QED) is 0.454. The van der Waals surface area contributed by atoms with Gasteiger partial charge in [-0.1, -0.05) is 36.4 Å². The van der Waals surface area contributed by atoms with E-state index in [1.165, 1.54) is 0 Å². The van der Waals surface area contributed by atoms with Gasteiger partial charge in [0.25, 0.3) is 0 Å². The van der Waals surface area contributed by atoms with Crippen molar-refractivity contribution in [2.75, 3.05) is 0 Å². The fraction of sp³-hybridized carbons (Fsp3) is 0. The lowest BCUT2D eigenvalue weighted by Crippen LogP contribution is -1.89. The van der Waals surface area contributed by atoms with Crippen molar-refractivity contribution in [3.8, 4) is 11.3 Å². The van der Waals surface area contributed by atoms with Crippen LogP contribution in [-0.4, -0.2) is 15.0 Å². The number of aromatic nitrogens is 3. The zero-order chi connectivity index (χ0) is 15.2. The number of para-hydroxylation sites is 2. The summed E-state index contributed by atoms with van der Waals surface area (Å²) < 4.78 is 5.95. The Morgan fingerprint density at radius 3 is 2.78 bits per heavy atom. The van der Waals surface area contributed by atoms with Gasteiger partial charge in [0.15, 0.2) is 0 Å². The Morgan fingerprint density at radius 2 is 1.78 bits per heavy atom. The molecule has 0 aliphatic carbocycles. The highest BCUT2D eigenvalue weighted by atomic mass is 16.3. The van der Waals surface area contributed by atoms with E-state index in [2.05, 4.69) is 21.0 Å². The molecular weight excluding hydrogens is 286 g/mol. The van der Waals surface area contributed by atoms with E-state index in [1.54, 1.807) is 12.5 Å². The molecule has 0 atom stereocenters. The molecule has 3 aromatic heterocycles. The number of benzene rings is 2. The molecule has 0 saturated carbocycles. The van der Waals surface area contributed by atoms with Gasteiger partial charge in [-0.2, -0.15) is 0 Å². The molecule has 108 valence electrons. The van der Waals surface area contributed by atoms with Gasteiger partial charge in [-0.3, -0.25) is 4.98 Å². The highest BCUT2D eigenvalue weighted by molar-refractivity contribution is 6.13. The lowest BCUT2D eigenvalue weighted by atomic mass is 10.0. The molecule has 4 nitrogen and oxygen atoms in total. The van der Waals surface area contributed by atoms with Crippen molar-refractivity contribution in [1.82, 2.24) is 15.0 Å². The van der Waals surface area contributed by atoms with E-state index < -0.39 is 0 Å². The van der Waals surface area contributed by atoms with Crippen LogP contribution in [0.15, 0.2) is 71.7 Å².